The van der Waals surface area contributed by atoms with Crippen molar-refractivity contribution in [1.82, 2.24) is 4.98 Å². The summed E-state index contributed by atoms with van der Waals surface area (Å²) in [5, 5.41) is 9.11. The fourth-order valence-electron chi connectivity index (χ4n) is 1.91. The van der Waals surface area contributed by atoms with Crippen LogP contribution in [0.15, 0.2) is 36.5 Å². The Balaban J connectivity index is 2.41. The zero-order valence-corrected chi connectivity index (χ0v) is 12.1. The van der Waals surface area contributed by atoms with Crippen molar-refractivity contribution in [3.63, 3.8) is 0 Å². The molecule has 0 aliphatic rings. The van der Waals surface area contributed by atoms with E-state index in [2.05, 4.69) is 4.98 Å². The maximum absolute atomic E-state index is 12.6. The zero-order chi connectivity index (χ0) is 16.3. The molecule has 0 bridgehead atoms. The third kappa shape index (κ3) is 3.31. The Kier molecular flexibility index (Phi) is 4.57. The molecular formula is C15H10ClF3N2O. The molecule has 0 spiro atoms. The average Bonchev–Trinajstić information content (AvgIpc) is 2.49. The van der Waals surface area contributed by atoms with Crippen molar-refractivity contribution in [3.8, 4) is 11.8 Å². The van der Waals surface area contributed by atoms with E-state index in [4.69, 9.17) is 16.3 Å². The smallest absolute Gasteiger partial charge is 0.417 e. The standard InChI is InChI=1S/C15H10ClF3N2O/c1-22-11-4-2-9(3-5-11)12(7-20)14-13(16)6-10(8-21-14)15(17,18)19/h2-6,8,12H,1H3/t12-/m1/s1. The first-order chi connectivity index (χ1) is 10.4. The maximum Gasteiger partial charge on any atom is 0.417 e. The van der Waals surface area contributed by atoms with Crippen LogP contribution in [0.2, 0.25) is 5.02 Å². The lowest BCUT2D eigenvalue weighted by Gasteiger charge is -2.13. The number of halogens is 4. The number of hydrogen-bond donors (Lipinski definition) is 0. The van der Waals surface area contributed by atoms with Crippen molar-refractivity contribution in [2.24, 2.45) is 0 Å². The van der Waals surface area contributed by atoms with Gasteiger partial charge in [0, 0.05) is 6.20 Å². The summed E-state index contributed by atoms with van der Waals surface area (Å²) in [5.74, 6) is -0.257. The molecule has 0 unspecified atom stereocenters. The molecule has 1 aromatic heterocycles. The summed E-state index contributed by atoms with van der Waals surface area (Å²) >= 11 is 5.88. The van der Waals surface area contributed by atoms with E-state index in [9.17, 15) is 18.4 Å². The van der Waals surface area contributed by atoms with Crippen molar-refractivity contribution in [2.45, 2.75) is 12.1 Å². The highest BCUT2D eigenvalue weighted by Gasteiger charge is 2.32. The highest BCUT2D eigenvalue weighted by atomic mass is 35.5. The van der Waals surface area contributed by atoms with Crippen molar-refractivity contribution in [2.75, 3.05) is 7.11 Å². The van der Waals surface area contributed by atoms with Crippen LogP contribution >= 0.6 is 11.6 Å². The fourth-order valence-corrected chi connectivity index (χ4v) is 2.18. The SMILES string of the molecule is COc1ccc([C@@H](C#N)c2ncc(C(F)(F)F)cc2Cl)cc1. The Bertz CT molecular complexity index is 708. The minimum atomic E-state index is -4.53. The zero-order valence-electron chi connectivity index (χ0n) is 11.4. The van der Waals surface area contributed by atoms with E-state index in [0.29, 0.717) is 17.5 Å². The largest absolute Gasteiger partial charge is 0.497 e. The number of benzene rings is 1. The Morgan fingerprint density at radius 1 is 1.27 bits per heavy atom. The normalized spacial score (nSPS) is 12.5. The van der Waals surface area contributed by atoms with Gasteiger partial charge in [0.15, 0.2) is 0 Å². The average molecular weight is 327 g/mol. The van der Waals surface area contributed by atoms with Crippen molar-refractivity contribution >= 4 is 11.6 Å². The third-order valence-electron chi connectivity index (χ3n) is 3.05. The molecule has 22 heavy (non-hydrogen) atoms. The second-order valence-corrected chi connectivity index (χ2v) is 4.83. The predicted octanol–water partition coefficient (Wildman–Crippen LogP) is 4.42. The minimum Gasteiger partial charge on any atom is -0.497 e. The first-order valence-corrected chi connectivity index (χ1v) is 6.51. The van der Waals surface area contributed by atoms with E-state index >= 15 is 0 Å². The monoisotopic (exact) mass is 326 g/mol. The second kappa shape index (κ2) is 6.24. The van der Waals surface area contributed by atoms with Crippen LogP contribution in [0.4, 0.5) is 13.2 Å². The summed E-state index contributed by atoms with van der Waals surface area (Å²) in [6.07, 6.45) is -3.85. The Hall–Kier alpha value is -2.26. The summed E-state index contributed by atoms with van der Waals surface area (Å²) in [6, 6.07) is 9.36. The van der Waals surface area contributed by atoms with E-state index in [-0.39, 0.29) is 10.7 Å². The van der Waals surface area contributed by atoms with Crippen LogP contribution in [0.1, 0.15) is 22.7 Å². The summed E-state index contributed by atoms with van der Waals surface area (Å²) in [5.41, 5.74) is -0.299. The molecule has 0 aliphatic carbocycles. The number of alkyl halides is 3. The molecule has 1 atom stereocenters. The van der Waals surface area contributed by atoms with Gasteiger partial charge < -0.3 is 4.74 Å². The van der Waals surface area contributed by atoms with Crippen LogP contribution in [0, 0.1) is 11.3 Å². The highest BCUT2D eigenvalue weighted by Crippen LogP contribution is 2.34. The number of nitriles is 1. The molecule has 0 saturated carbocycles. The Morgan fingerprint density at radius 2 is 1.91 bits per heavy atom. The number of rotatable bonds is 3. The van der Waals surface area contributed by atoms with E-state index < -0.39 is 17.7 Å². The molecule has 2 rings (SSSR count). The van der Waals surface area contributed by atoms with Crippen molar-refractivity contribution in [1.29, 1.82) is 5.26 Å². The highest BCUT2D eigenvalue weighted by molar-refractivity contribution is 6.31. The van der Waals surface area contributed by atoms with E-state index in [1.54, 1.807) is 24.3 Å². The fraction of sp³-hybridized carbons (Fsp3) is 0.200. The first-order valence-electron chi connectivity index (χ1n) is 6.13. The van der Waals surface area contributed by atoms with Gasteiger partial charge in [-0.15, -0.1) is 0 Å². The summed E-state index contributed by atoms with van der Waals surface area (Å²) in [6.45, 7) is 0. The van der Waals surface area contributed by atoms with Gasteiger partial charge in [-0.2, -0.15) is 18.4 Å². The first kappa shape index (κ1) is 16.1. The molecule has 0 saturated heterocycles. The molecule has 7 heteroatoms. The van der Waals surface area contributed by atoms with Gasteiger partial charge in [0.2, 0.25) is 0 Å². The van der Waals surface area contributed by atoms with E-state index in [1.165, 1.54) is 7.11 Å². The Labute approximate surface area is 129 Å². The topological polar surface area (TPSA) is 45.9 Å². The van der Waals surface area contributed by atoms with Gasteiger partial charge >= 0.3 is 6.18 Å². The predicted molar refractivity (Wildman–Crippen MR) is 74.7 cm³/mol. The number of pyridine rings is 1. The number of aromatic nitrogens is 1. The number of hydrogen-bond acceptors (Lipinski definition) is 3. The molecule has 1 aromatic carbocycles. The van der Waals surface area contributed by atoms with Crippen LogP contribution in [0.5, 0.6) is 5.75 Å². The molecule has 0 radical (unpaired) electrons. The van der Waals surface area contributed by atoms with Crippen LogP contribution < -0.4 is 4.74 Å². The molecule has 0 aliphatic heterocycles. The molecule has 0 amide bonds. The van der Waals surface area contributed by atoms with E-state index in [0.717, 1.165) is 6.07 Å². The van der Waals surface area contributed by atoms with Crippen LogP contribution in [0.3, 0.4) is 0 Å². The van der Waals surface area contributed by atoms with Gasteiger partial charge in [0.1, 0.15) is 11.7 Å². The quantitative estimate of drug-likeness (QED) is 0.839. The minimum absolute atomic E-state index is 0.0855. The van der Waals surface area contributed by atoms with Crippen molar-refractivity contribution in [3.05, 3.63) is 58.4 Å². The molecule has 0 N–H and O–H groups in total. The second-order valence-electron chi connectivity index (χ2n) is 4.42. The molecule has 0 fully saturated rings. The number of methoxy groups -OCH3 is 1. The van der Waals surface area contributed by atoms with Gasteiger partial charge in [0.05, 0.1) is 29.5 Å². The Morgan fingerprint density at radius 3 is 2.36 bits per heavy atom. The van der Waals surface area contributed by atoms with Gasteiger partial charge in [-0.25, -0.2) is 0 Å². The van der Waals surface area contributed by atoms with Gasteiger partial charge in [-0.05, 0) is 23.8 Å². The molecule has 1 heterocycles. The molecule has 3 nitrogen and oxygen atoms in total. The lowest BCUT2D eigenvalue weighted by Crippen LogP contribution is -2.08. The van der Waals surface area contributed by atoms with E-state index in [1.807, 2.05) is 6.07 Å². The lowest BCUT2D eigenvalue weighted by molar-refractivity contribution is -0.137. The number of nitrogens with zero attached hydrogens (tertiary/aromatic N) is 2. The third-order valence-corrected chi connectivity index (χ3v) is 3.35. The van der Waals surface area contributed by atoms with Gasteiger partial charge in [-0.1, -0.05) is 23.7 Å². The summed E-state index contributed by atoms with van der Waals surface area (Å²) < 4.78 is 42.8. The van der Waals surface area contributed by atoms with Crippen molar-refractivity contribution < 1.29 is 17.9 Å². The van der Waals surface area contributed by atoms with Crippen LogP contribution in [0.25, 0.3) is 0 Å². The summed E-state index contributed by atoms with van der Waals surface area (Å²) in [7, 11) is 1.51. The van der Waals surface area contributed by atoms with Gasteiger partial charge in [0.25, 0.3) is 0 Å². The summed E-state index contributed by atoms with van der Waals surface area (Å²) in [4.78, 5) is 3.73. The molecule has 2 aromatic rings. The number of ether oxygens (including phenoxy) is 1. The van der Waals surface area contributed by atoms with Crippen LogP contribution in [-0.4, -0.2) is 12.1 Å². The molecular weight excluding hydrogens is 317 g/mol. The molecule has 114 valence electrons. The lowest BCUT2D eigenvalue weighted by atomic mass is 9.96. The van der Waals surface area contributed by atoms with Crippen LogP contribution in [-0.2, 0) is 6.18 Å². The van der Waals surface area contributed by atoms with Gasteiger partial charge in [-0.3, -0.25) is 4.98 Å². The maximum atomic E-state index is 12.6.